The number of halogens is 3. The van der Waals surface area contributed by atoms with Crippen LogP contribution in [0.4, 0.5) is 15.1 Å². The third-order valence-corrected chi connectivity index (χ3v) is 3.77. The number of carbonyl (C=O) groups is 1. The van der Waals surface area contributed by atoms with Crippen molar-refractivity contribution >= 4 is 51.4 Å². The van der Waals surface area contributed by atoms with Crippen molar-refractivity contribution in [3.63, 3.8) is 0 Å². The van der Waals surface area contributed by atoms with Crippen LogP contribution in [-0.4, -0.2) is 15.4 Å². The molecule has 2 rings (SSSR count). The number of carboxylic acids is 1. The summed E-state index contributed by atoms with van der Waals surface area (Å²) in [6.45, 7) is 1.58. The molecule has 0 fully saturated rings. The first-order chi connectivity index (χ1) is 8.90. The maximum Gasteiger partial charge on any atom is 0.340 e. The number of hydrogen-bond acceptors (Lipinski definition) is 4. The fourth-order valence-electron chi connectivity index (χ4n) is 1.48. The largest absolute Gasteiger partial charge is 0.478 e. The van der Waals surface area contributed by atoms with Crippen LogP contribution in [-0.2, 0) is 0 Å². The summed E-state index contributed by atoms with van der Waals surface area (Å²) in [5.41, 5.74) is 0.673. The van der Waals surface area contributed by atoms with Gasteiger partial charge < -0.3 is 10.4 Å². The molecule has 2 aromatic rings. The second-order valence-electron chi connectivity index (χ2n) is 3.65. The monoisotopic (exact) mass is 320 g/mol. The molecule has 0 saturated heterocycles. The van der Waals surface area contributed by atoms with Gasteiger partial charge in [0.05, 0.1) is 21.4 Å². The number of aryl methyl sites for hydroxylation is 1. The molecule has 19 heavy (non-hydrogen) atoms. The first kappa shape index (κ1) is 14.0. The van der Waals surface area contributed by atoms with E-state index in [0.717, 1.165) is 23.7 Å². The quantitative estimate of drug-likeness (QED) is 0.883. The molecular formula is C11H7Cl2FN2O2S. The van der Waals surface area contributed by atoms with Gasteiger partial charge in [-0.2, -0.15) is 4.37 Å². The van der Waals surface area contributed by atoms with Gasteiger partial charge in [-0.15, -0.1) is 0 Å². The minimum absolute atomic E-state index is 0.0430. The summed E-state index contributed by atoms with van der Waals surface area (Å²) in [6, 6.07) is 2.17. The molecule has 0 saturated carbocycles. The van der Waals surface area contributed by atoms with Crippen molar-refractivity contribution in [2.45, 2.75) is 6.92 Å². The van der Waals surface area contributed by atoms with Crippen LogP contribution in [0.2, 0.25) is 10.0 Å². The molecule has 0 unspecified atom stereocenters. The second-order valence-corrected chi connectivity index (χ2v) is 5.23. The standard InChI is InChI=1S/C11H7Cl2FN2O2S/c1-4-8(11(17)18)10(19-16-4)15-9-6(12)2-5(14)3-7(9)13/h2-3,15H,1H3,(H,17,18). The molecular weight excluding hydrogens is 314 g/mol. The summed E-state index contributed by atoms with van der Waals surface area (Å²) in [7, 11) is 0. The van der Waals surface area contributed by atoms with E-state index in [-0.39, 0.29) is 21.3 Å². The average Bonchev–Trinajstić information content (AvgIpc) is 2.64. The highest BCUT2D eigenvalue weighted by atomic mass is 35.5. The Bertz CT molecular complexity index is 637. The van der Waals surface area contributed by atoms with Gasteiger partial charge in [-0.05, 0) is 30.6 Å². The Morgan fingerprint density at radius 3 is 2.53 bits per heavy atom. The van der Waals surface area contributed by atoms with E-state index >= 15 is 0 Å². The molecule has 100 valence electrons. The summed E-state index contributed by atoms with van der Waals surface area (Å²) < 4.78 is 17.0. The number of benzene rings is 1. The van der Waals surface area contributed by atoms with Crippen molar-refractivity contribution in [1.29, 1.82) is 0 Å². The lowest BCUT2D eigenvalue weighted by Crippen LogP contribution is -2.02. The lowest BCUT2D eigenvalue weighted by Gasteiger charge is -2.09. The zero-order chi connectivity index (χ0) is 14.2. The topological polar surface area (TPSA) is 62.2 Å². The van der Waals surface area contributed by atoms with E-state index in [1.807, 2.05) is 0 Å². The first-order valence-electron chi connectivity index (χ1n) is 5.01. The summed E-state index contributed by atoms with van der Waals surface area (Å²) in [4.78, 5) is 11.1. The van der Waals surface area contributed by atoms with Crippen LogP contribution in [0.1, 0.15) is 16.1 Å². The molecule has 0 spiro atoms. The van der Waals surface area contributed by atoms with Gasteiger partial charge in [-0.3, -0.25) is 0 Å². The Labute approximate surface area is 121 Å². The van der Waals surface area contributed by atoms with E-state index in [1.54, 1.807) is 6.92 Å². The van der Waals surface area contributed by atoms with Crippen LogP contribution < -0.4 is 5.32 Å². The van der Waals surface area contributed by atoms with E-state index in [1.165, 1.54) is 0 Å². The average molecular weight is 321 g/mol. The van der Waals surface area contributed by atoms with Crippen molar-refractivity contribution in [2.75, 3.05) is 5.32 Å². The second kappa shape index (κ2) is 5.32. The van der Waals surface area contributed by atoms with E-state index in [4.69, 9.17) is 28.3 Å². The van der Waals surface area contributed by atoms with E-state index in [2.05, 4.69) is 9.69 Å². The van der Waals surface area contributed by atoms with Gasteiger partial charge in [0.1, 0.15) is 16.4 Å². The number of hydrogen-bond donors (Lipinski definition) is 2. The van der Waals surface area contributed by atoms with Gasteiger partial charge in [0, 0.05) is 0 Å². The van der Waals surface area contributed by atoms with Crippen LogP contribution in [0.5, 0.6) is 0 Å². The van der Waals surface area contributed by atoms with Gasteiger partial charge in [0.15, 0.2) is 0 Å². The molecule has 0 aliphatic rings. The van der Waals surface area contributed by atoms with Crippen molar-refractivity contribution in [2.24, 2.45) is 0 Å². The van der Waals surface area contributed by atoms with Crippen molar-refractivity contribution in [1.82, 2.24) is 4.37 Å². The minimum Gasteiger partial charge on any atom is -0.478 e. The molecule has 0 bridgehead atoms. The van der Waals surface area contributed by atoms with Crippen LogP contribution in [0.15, 0.2) is 12.1 Å². The Morgan fingerprint density at radius 1 is 1.42 bits per heavy atom. The van der Waals surface area contributed by atoms with Crippen LogP contribution in [0, 0.1) is 12.7 Å². The van der Waals surface area contributed by atoms with Gasteiger partial charge in [0.2, 0.25) is 0 Å². The highest BCUT2D eigenvalue weighted by molar-refractivity contribution is 7.10. The molecule has 2 N–H and O–H groups in total. The summed E-state index contributed by atoms with van der Waals surface area (Å²) in [5, 5.41) is 12.3. The predicted octanol–water partition coefficient (Wildman–Crippen LogP) is 4.34. The Kier molecular flexibility index (Phi) is 3.93. The molecule has 0 radical (unpaired) electrons. The van der Waals surface area contributed by atoms with Crippen molar-refractivity contribution in [3.05, 3.63) is 39.3 Å². The van der Waals surface area contributed by atoms with E-state index in [0.29, 0.717) is 10.7 Å². The number of carboxylic acid groups (broad SMARTS) is 1. The molecule has 0 aliphatic heterocycles. The van der Waals surface area contributed by atoms with Crippen LogP contribution in [0.25, 0.3) is 0 Å². The lowest BCUT2D eigenvalue weighted by atomic mass is 10.2. The molecule has 0 atom stereocenters. The Morgan fingerprint density at radius 2 is 2.00 bits per heavy atom. The maximum absolute atomic E-state index is 13.1. The van der Waals surface area contributed by atoms with Gasteiger partial charge in [-0.25, -0.2) is 9.18 Å². The third-order valence-electron chi connectivity index (χ3n) is 2.32. The molecule has 1 heterocycles. The predicted molar refractivity (Wildman–Crippen MR) is 73.5 cm³/mol. The Balaban J connectivity index is 2.45. The zero-order valence-corrected chi connectivity index (χ0v) is 11.8. The molecule has 4 nitrogen and oxygen atoms in total. The molecule has 0 aliphatic carbocycles. The van der Waals surface area contributed by atoms with Gasteiger partial charge in [-0.1, -0.05) is 23.2 Å². The van der Waals surface area contributed by atoms with Gasteiger partial charge >= 0.3 is 5.97 Å². The number of aromatic carboxylic acids is 1. The fraction of sp³-hybridized carbons (Fsp3) is 0.0909. The third kappa shape index (κ3) is 2.80. The van der Waals surface area contributed by atoms with Crippen LogP contribution in [0.3, 0.4) is 0 Å². The zero-order valence-electron chi connectivity index (χ0n) is 9.50. The summed E-state index contributed by atoms with van der Waals surface area (Å²) >= 11 is 12.7. The number of aromatic nitrogens is 1. The summed E-state index contributed by atoms with van der Waals surface area (Å²) in [5.74, 6) is -1.68. The van der Waals surface area contributed by atoms with Crippen molar-refractivity contribution < 1.29 is 14.3 Å². The maximum atomic E-state index is 13.1. The number of nitrogens with zero attached hydrogens (tertiary/aromatic N) is 1. The molecule has 1 aromatic carbocycles. The number of rotatable bonds is 3. The highest BCUT2D eigenvalue weighted by Gasteiger charge is 2.19. The van der Waals surface area contributed by atoms with Crippen molar-refractivity contribution in [3.8, 4) is 0 Å². The molecule has 1 aromatic heterocycles. The van der Waals surface area contributed by atoms with E-state index < -0.39 is 11.8 Å². The minimum atomic E-state index is -1.11. The Hall–Kier alpha value is -1.37. The lowest BCUT2D eigenvalue weighted by molar-refractivity contribution is 0.0697. The molecule has 0 amide bonds. The number of anilines is 2. The van der Waals surface area contributed by atoms with E-state index in [9.17, 15) is 9.18 Å². The normalized spacial score (nSPS) is 10.5. The highest BCUT2D eigenvalue weighted by Crippen LogP contribution is 2.36. The van der Waals surface area contributed by atoms with Crippen LogP contribution >= 0.6 is 34.7 Å². The summed E-state index contributed by atoms with van der Waals surface area (Å²) in [6.07, 6.45) is 0. The van der Waals surface area contributed by atoms with Gasteiger partial charge in [0.25, 0.3) is 0 Å². The SMILES string of the molecule is Cc1nsc(Nc2c(Cl)cc(F)cc2Cl)c1C(=O)O. The first-order valence-corrected chi connectivity index (χ1v) is 6.54. The fourth-order valence-corrected chi connectivity index (χ4v) is 2.83. The smallest absolute Gasteiger partial charge is 0.340 e. The number of nitrogens with one attached hydrogen (secondary N) is 1. The molecule has 8 heteroatoms.